The maximum absolute atomic E-state index is 13.0. The number of hydrogen-bond acceptors (Lipinski definition) is 3. The number of anilines is 1. The molecule has 1 N–H and O–H groups in total. The smallest absolute Gasteiger partial charge is 0.380 e. The topological polar surface area (TPSA) is 37.8 Å². The van der Waals surface area contributed by atoms with Gasteiger partial charge in [0.2, 0.25) is 0 Å². The van der Waals surface area contributed by atoms with Gasteiger partial charge in [0.15, 0.2) is 0 Å². The van der Waals surface area contributed by atoms with Gasteiger partial charge in [-0.3, -0.25) is 0 Å². The van der Waals surface area contributed by atoms with E-state index in [-0.39, 0.29) is 12.1 Å². The molecule has 112 valence electrons. The number of fused-ring (bicyclic) bond motifs is 1. The van der Waals surface area contributed by atoms with E-state index in [4.69, 9.17) is 0 Å². The van der Waals surface area contributed by atoms with Crippen molar-refractivity contribution >= 4 is 16.5 Å². The number of nitrogens with one attached hydrogen (secondary N) is 1. The quantitative estimate of drug-likeness (QED) is 0.785. The summed E-state index contributed by atoms with van der Waals surface area (Å²) in [5, 5.41) is 12.4. The summed E-state index contributed by atoms with van der Waals surface area (Å²) in [5.41, 5.74) is 0.306. The second-order valence-corrected chi connectivity index (χ2v) is 4.81. The molecule has 0 saturated carbocycles. The van der Waals surface area contributed by atoms with E-state index in [1.165, 1.54) is 12.1 Å². The average molecular weight is 303 g/mol. The molecule has 0 bridgehead atoms. The third-order valence-electron chi connectivity index (χ3n) is 3.38. The van der Waals surface area contributed by atoms with Gasteiger partial charge in [0.1, 0.15) is 0 Å². The Morgan fingerprint density at radius 1 is 0.909 bits per heavy atom. The third kappa shape index (κ3) is 2.86. The minimum Gasteiger partial charge on any atom is -0.380 e. The highest BCUT2D eigenvalue weighted by Gasteiger charge is 2.32. The summed E-state index contributed by atoms with van der Waals surface area (Å²) in [6.45, 7) is 0.0805. The summed E-state index contributed by atoms with van der Waals surface area (Å²) in [4.78, 5) is 0. The first-order valence-corrected chi connectivity index (χ1v) is 6.64. The molecular formula is C16H12F3N3. The fraction of sp³-hybridized carbons (Fsp3) is 0.125. The van der Waals surface area contributed by atoms with E-state index >= 15 is 0 Å². The van der Waals surface area contributed by atoms with Crippen LogP contribution in [-0.2, 0) is 12.7 Å². The van der Waals surface area contributed by atoms with Gasteiger partial charge in [0.05, 0.1) is 18.0 Å². The SMILES string of the molecule is FC(F)(F)c1ccccc1CNc1cccc2cnncc12. The number of hydrogen-bond donors (Lipinski definition) is 1. The molecule has 3 rings (SSSR count). The molecule has 0 amide bonds. The highest BCUT2D eigenvalue weighted by atomic mass is 19.4. The molecule has 0 atom stereocenters. The van der Waals surface area contributed by atoms with E-state index in [0.717, 1.165) is 22.5 Å². The van der Waals surface area contributed by atoms with E-state index in [2.05, 4.69) is 15.5 Å². The second-order valence-electron chi connectivity index (χ2n) is 4.81. The van der Waals surface area contributed by atoms with Gasteiger partial charge in [-0.25, -0.2) is 0 Å². The van der Waals surface area contributed by atoms with Crippen LogP contribution in [0.15, 0.2) is 54.9 Å². The van der Waals surface area contributed by atoms with Crippen LogP contribution in [0.2, 0.25) is 0 Å². The minimum absolute atomic E-state index is 0.0805. The highest BCUT2D eigenvalue weighted by molar-refractivity contribution is 5.92. The van der Waals surface area contributed by atoms with Crippen molar-refractivity contribution in [1.29, 1.82) is 0 Å². The largest absolute Gasteiger partial charge is 0.416 e. The zero-order valence-electron chi connectivity index (χ0n) is 11.4. The lowest BCUT2D eigenvalue weighted by atomic mass is 10.1. The Balaban J connectivity index is 1.89. The van der Waals surface area contributed by atoms with E-state index in [0.29, 0.717) is 0 Å². The molecule has 22 heavy (non-hydrogen) atoms. The standard InChI is InChI=1S/C16H12F3N3/c17-16(18,19)14-6-2-1-4-12(14)8-20-15-7-3-5-11-9-21-22-10-13(11)15/h1-7,9-10,20H,8H2. The van der Waals surface area contributed by atoms with Crippen LogP contribution in [0.4, 0.5) is 18.9 Å². The molecule has 0 saturated heterocycles. The lowest BCUT2D eigenvalue weighted by molar-refractivity contribution is -0.138. The monoisotopic (exact) mass is 303 g/mol. The zero-order chi connectivity index (χ0) is 15.6. The van der Waals surface area contributed by atoms with Crippen molar-refractivity contribution in [2.24, 2.45) is 0 Å². The molecular weight excluding hydrogens is 291 g/mol. The average Bonchev–Trinajstić information content (AvgIpc) is 2.52. The first kappa shape index (κ1) is 14.3. The summed E-state index contributed by atoms with van der Waals surface area (Å²) >= 11 is 0. The Bertz CT molecular complexity index is 794. The second kappa shape index (κ2) is 5.63. The van der Waals surface area contributed by atoms with Crippen LogP contribution in [0.3, 0.4) is 0 Å². The van der Waals surface area contributed by atoms with Gasteiger partial charge in [0.25, 0.3) is 0 Å². The van der Waals surface area contributed by atoms with Gasteiger partial charge < -0.3 is 5.32 Å². The van der Waals surface area contributed by atoms with Crippen LogP contribution in [0, 0.1) is 0 Å². The lowest BCUT2D eigenvalue weighted by Gasteiger charge is -2.14. The molecule has 3 nitrogen and oxygen atoms in total. The maximum atomic E-state index is 13.0. The molecule has 0 fully saturated rings. The molecule has 1 aromatic heterocycles. The molecule has 0 aliphatic heterocycles. The van der Waals surface area contributed by atoms with Crippen molar-refractivity contribution in [3.8, 4) is 0 Å². The Morgan fingerprint density at radius 3 is 2.50 bits per heavy atom. The molecule has 1 heterocycles. The Labute approximate surface area is 124 Å². The van der Waals surface area contributed by atoms with E-state index in [9.17, 15) is 13.2 Å². The van der Waals surface area contributed by atoms with Crippen molar-refractivity contribution in [3.05, 3.63) is 66.0 Å². The van der Waals surface area contributed by atoms with Crippen LogP contribution in [0.25, 0.3) is 10.8 Å². The van der Waals surface area contributed by atoms with Crippen LogP contribution in [-0.4, -0.2) is 10.2 Å². The van der Waals surface area contributed by atoms with Crippen molar-refractivity contribution in [2.75, 3.05) is 5.32 Å². The Hall–Kier alpha value is -2.63. The third-order valence-corrected chi connectivity index (χ3v) is 3.38. The summed E-state index contributed by atoms with van der Waals surface area (Å²) in [6.07, 6.45) is -1.15. The first-order chi connectivity index (χ1) is 10.6. The Kier molecular flexibility index (Phi) is 3.66. The van der Waals surface area contributed by atoms with Gasteiger partial charge >= 0.3 is 6.18 Å². The summed E-state index contributed by atoms with van der Waals surface area (Å²) in [5.74, 6) is 0. The molecule has 0 radical (unpaired) electrons. The van der Waals surface area contributed by atoms with E-state index in [1.807, 2.05) is 12.1 Å². The molecule has 0 aliphatic carbocycles. The Morgan fingerprint density at radius 2 is 1.68 bits per heavy atom. The van der Waals surface area contributed by atoms with Gasteiger partial charge in [-0.1, -0.05) is 30.3 Å². The molecule has 0 aliphatic rings. The number of halogens is 3. The van der Waals surface area contributed by atoms with E-state index < -0.39 is 11.7 Å². The van der Waals surface area contributed by atoms with Crippen molar-refractivity contribution in [3.63, 3.8) is 0 Å². The molecule has 3 aromatic rings. The normalized spacial score (nSPS) is 11.6. The fourth-order valence-electron chi connectivity index (χ4n) is 2.32. The number of aromatic nitrogens is 2. The van der Waals surface area contributed by atoms with Crippen LogP contribution >= 0.6 is 0 Å². The van der Waals surface area contributed by atoms with Gasteiger partial charge in [-0.2, -0.15) is 23.4 Å². The van der Waals surface area contributed by atoms with Crippen LogP contribution in [0.1, 0.15) is 11.1 Å². The lowest BCUT2D eigenvalue weighted by Crippen LogP contribution is -2.11. The predicted octanol–water partition coefficient (Wildman–Crippen LogP) is 4.26. The molecule has 0 unspecified atom stereocenters. The summed E-state index contributed by atoms with van der Waals surface area (Å²) in [7, 11) is 0. The first-order valence-electron chi connectivity index (χ1n) is 6.64. The van der Waals surface area contributed by atoms with Crippen molar-refractivity contribution < 1.29 is 13.2 Å². The van der Waals surface area contributed by atoms with Gasteiger partial charge in [-0.15, -0.1) is 0 Å². The number of benzene rings is 2. The zero-order valence-corrected chi connectivity index (χ0v) is 11.4. The van der Waals surface area contributed by atoms with Gasteiger partial charge in [-0.05, 0) is 17.7 Å². The molecule has 2 aromatic carbocycles. The number of nitrogens with zero attached hydrogens (tertiary/aromatic N) is 2. The van der Waals surface area contributed by atoms with Crippen LogP contribution < -0.4 is 5.32 Å². The highest BCUT2D eigenvalue weighted by Crippen LogP contribution is 2.32. The predicted molar refractivity (Wildman–Crippen MR) is 78.3 cm³/mol. The maximum Gasteiger partial charge on any atom is 0.416 e. The number of alkyl halides is 3. The van der Waals surface area contributed by atoms with Crippen LogP contribution in [0.5, 0.6) is 0 Å². The fourth-order valence-corrected chi connectivity index (χ4v) is 2.32. The molecule has 6 heteroatoms. The van der Waals surface area contributed by atoms with Crippen molar-refractivity contribution in [2.45, 2.75) is 12.7 Å². The minimum atomic E-state index is -4.36. The van der Waals surface area contributed by atoms with Crippen molar-refractivity contribution in [1.82, 2.24) is 10.2 Å². The summed E-state index contributed by atoms with van der Waals surface area (Å²) < 4.78 is 38.9. The van der Waals surface area contributed by atoms with E-state index in [1.54, 1.807) is 24.5 Å². The van der Waals surface area contributed by atoms with Gasteiger partial charge in [0, 0.05) is 23.0 Å². The number of rotatable bonds is 3. The molecule has 0 spiro atoms. The summed E-state index contributed by atoms with van der Waals surface area (Å²) in [6, 6.07) is 11.0.